The van der Waals surface area contributed by atoms with E-state index in [9.17, 15) is 9.59 Å². The number of rotatable bonds is 5. The summed E-state index contributed by atoms with van der Waals surface area (Å²) in [5.41, 5.74) is 11.8. The van der Waals surface area contributed by atoms with E-state index in [0.29, 0.717) is 15.9 Å². The van der Waals surface area contributed by atoms with Gasteiger partial charge in [-0.2, -0.15) is 0 Å². The maximum Gasteiger partial charge on any atom is 0.253 e. The third kappa shape index (κ3) is 2.58. The number of Topliss-reactive ketones (excluding diaryl/α,β-unsaturated/α-hetero) is 1. The van der Waals surface area contributed by atoms with Gasteiger partial charge >= 0.3 is 0 Å². The Kier molecular flexibility index (Phi) is 3.80. The summed E-state index contributed by atoms with van der Waals surface area (Å²) in [4.78, 5) is 24.0. The molecule has 2 rings (SSSR count). The molecule has 0 radical (unpaired) electrons. The van der Waals surface area contributed by atoms with Crippen LogP contribution in [0.15, 0.2) is 0 Å². The zero-order chi connectivity index (χ0) is 14.2. The molecule has 1 aromatic heterocycles. The zero-order valence-electron chi connectivity index (χ0n) is 11.2. The molecule has 0 saturated heterocycles. The molecule has 104 valence electrons. The molecule has 1 aliphatic carbocycles. The van der Waals surface area contributed by atoms with Crippen LogP contribution in [0, 0.1) is 5.92 Å². The number of nitrogens with one attached hydrogen (secondary N) is 1. The van der Waals surface area contributed by atoms with Gasteiger partial charge in [0, 0.05) is 12.0 Å². The zero-order valence-corrected chi connectivity index (χ0v) is 12.0. The van der Waals surface area contributed by atoms with Crippen molar-refractivity contribution in [2.45, 2.75) is 39.2 Å². The number of nitrogens with two attached hydrogens (primary N) is 2. The van der Waals surface area contributed by atoms with Crippen LogP contribution in [0.25, 0.3) is 0 Å². The van der Waals surface area contributed by atoms with Crippen LogP contribution in [-0.2, 0) is 0 Å². The summed E-state index contributed by atoms with van der Waals surface area (Å²) in [6.45, 7) is 3.62. The lowest BCUT2D eigenvalue weighted by Crippen LogP contribution is -2.27. The van der Waals surface area contributed by atoms with E-state index in [1.807, 2.05) is 13.8 Å². The Morgan fingerprint density at radius 1 is 1.37 bits per heavy atom. The highest BCUT2D eigenvalue weighted by atomic mass is 32.1. The summed E-state index contributed by atoms with van der Waals surface area (Å²) in [6.07, 6.45) is 3.33. The second-order valence-electron chi connectivity index (χ2n) is 5.20. The van der Waals surface area contributed by atoms with Gasteiger partial charge in [-0.1, -0.05) is 13.8 Å². The van der Waals surface area contributed by atoms with E-state index in [2.05, 4.69) is 5.32 Å². The molecule has 6 heteroatoms. The smallest absolute Gasteiger partial charge is 0.253 e. The molecule has 0 spiro atoms. The quantitative estimate of drug-likeness (QED) is 0.721. The van der Waals surface area contributed by atoms with E-state index >= 15 is 0 Å². The summed E-state index contributed by atoms with van der Waals surface area (Å²) < 4.78 is 0. The van der Waals surface area contributed by atoms with E-state index in [0.717, 1.165) is 12.8 Å². The molecule has 19 heavy (non-hydrogen) atoms. The first kappa shape index (κ1) is 13.9. The highest BCUT2D eigenvalue weighted by Crippen LogP contribution is 2.38. The number of nitrogen functional groups attached to an aromatic ring is 1. The number of hydrogen-bond donors (Lipinski definition) is 3. The summed E-state index contributed by atoms with van der Waals surface area (Å²) in [5, 5.41) is 3.91. The van der Waals surface area contributed by atoms with Gasteiger partial charge in [0.15, 0.2) is 5.78 Å². The van der Waals surface area contributed by atoms with Crippen molar-refractivity contribution in [3.05, 3.63) is 10.4 Å². The van der Waals surface area contributed by atoms with Crippen LogP contribution in [0.2, 0.25) is 0 Å². The van der Waals surface area contributed by atoms with Gasteiger partial charge in [-0.05, 0) is 19.3 Å². The number of amides is 1. The number of carbonyl (C=O) groups is 2. The van der Waals surface area contributed by atoms with Gasteiger partial charge in [0.25, 0.3) is 5.91 Å². The highest BCUT2D eigenvalue weighted by Gasteiger charge is 2.27. The average molecular weight is 281 g/mol. The van der Waals surface area contributed by atoms with Crippen LogP contribution in [0.3, 0.4) is 0 Å². The first-order chi connectivity index (χ1) is 8.91. The Morgan fingerprint density at radius 3 is 2.42 bits per heavy atom. The SMILES string of the molecule is CC(C)C(=O)c1sc(NC2CCC2)c(C(N)=O)c1N. The summed E-state index contributed by atoms with van der Waals surface area (Å²) in [5.74, 6) is -0.789. The second-order valence-corrected chi connectivity index (χ2v) is 6.22. The van der Waals surface area contributed by atoms with E-state index in [4.69, 9.17) is 11.5 Å². The molecule has 5 nitrogen and oxygen atoms in total. The van der Waals surface area contributed by atoms with Gasteiger partial charge < -0.3 is 16.8 Å². The van der Waals surface area contributed by atoms with Crippen LogP contribution in [0.4, 0.5) is 10.7 Å². The van der Waals surface area contributed by atoms with Gasteiger partial charge in [0.2, 0.25) is 0 Å². The van der Waals surface area contributed by atoms with Gasteiger partial charge in [-0.3, -0.25) is 9.59 Å². The Bertz CT molecular complexity index is 518. The minimum atomic E-state index is -0.585. The normalized spacial score (nSPS) is 15.3. The van der Waals surface area contributed by atoms with Crippen molar-refractivity contribution >= 4 is 33.7 Å². The molecular formula is C13H19N3O2S. The summed E-state index contributed by atoms with van der Waals surface area (Å²) in [7, 11) is 0. The fourth-order valence-electron chi connectivity index (χ4n) is 1.97. The molecule has 1 fully saturated rings. The van der Waals surface area contributed by atoms with Crippen molar-refractivity contribution in [3.8, 4) is 0 Å². The summed E-state index contributed by atoms with van der Waals surface area (Å²) in [6, 6.07) is 0.359. The van der Waals surface area contributed by atoms with Crippen molar-refractivity contribution in [3.63, 3.8) is 0 Å². The lowest BCUT2D eigenvalue weighted by atomic mass is 9.93. The van der Waals surface area contributed by atoms with Gasteiger partial charge in [-0.15, -0.1) is 11.3 Å². The molecule has 0 unspecified atom stereocenters. The van der Waals surface area contributed by atoms with Crippen LogP contribution in [0.1, 0.15) is 53.1 Å². The van der Waals surface area contributed by atoms with Gasteiger partial charge in [0.05, 0.1) is 16.1 Å². The van der Waals surface area contributed by atoms with E-state index in [1.165, 1.54) is 17.8 Å². The minimum Gasteiger partial charge on any atom is -0.397 e. The lowest BCUT2D eigenvalue weighted by molar-refractivity contribution is 0.0944. The van der Waals surface area contributed by atoms with Crippen molar-refractivity contribution < 1.29 is 9.59 Å². The third-order valence-corrected chi connectivity index (χ3v) is 4.53. The van der Waals surface area contributed by atoms with Gasteiger partial charge in [0.1, 0.15) is 5.00 Å². The molecule has 1 saturated carbocycles. The predicted octanol–water partition coefficient (Wildman–Crippen LogP) is 2.23. The second kappa shape index (κ2) is 5.21. The fraction of sp³-hybridized carbons (Fsp3) is 0.538. The molecule has 1 amide bonds. The number of hydrogen-bond acceptors (Lipinski definition) is 5. The monoisotopic (exact) mass is 281 g/mol. The topological polar surface area (TPSA) is 98.2 Å². The standard InChI is InChI=1S/C13H19N3O2S/c1-6(2)10(17)11-9(14)8(12(15)18)13(19-11)16-7-4-3-5-7/h6-7,16H,3-5,14H2,1-2H3,(H2,15,18). The maximum atomic E-state index is 12.1. The first-order valence-electron chi connectivity index (χ1n) is 6.44. The van der Waals surface area contributed by atoms with E-state index in [-0.39, 0.29) is 23.0 Å². The molecule has 0 aromatic carbocycles. The third-order valence-electron chi connectivity index (χ3n) is 3.38. The number of primary amides is 1. The molecular weight excluding hydrogens is 262 g/mol. The molecule has 5 N–H and O–H groups in total. The van der Waals surface area contributed by atoms with Crippen molar-refractivity contribution in [1.82, 2.24) is 0 Å². The molecule has 0 bridgehead atoms. The van der Waals surface area contributed by atoms with E-state index in [1.54, 1.807) is 0 Å². The van der Waals surface area contributed by atoms with Crippen LogP contribution < -0.4 is 16.8 Å². The minimum absolute atomic E-state index is 0.0494. The number of thiophene rings is 1. The van der Waals surface area contributed by atoms with Crippen LogP contribution in [-0.4, -0.2) is 17.7 Å². The number of anilines is 2. The highest BCUT2D eigenvalue weighted by molar-refractivity contribution is 7.19. The predicted molar refractivity (Wildman–Crippen MR) is 77.7 cm³/mol. The molecule has 1 heterocycles. The largest absolute Gasteiger partial charge is 0.397 e. The first-order valence-corrected chi connectivity index (χ1v) is 7.26. The summed E-state index contributed by atoms with van der Waals surface area (Å²) >= 11 is 1.24. The molecule has 1 aromatic rings. The van der Waals surface area contributed by atoms with Crippen molar-refractivity contribution in [2.75, 3.05) is 11.1 Å². The Morgan fingerprint density at radius 2 is 2.00 bits per heavy atom. The van der Waals surface area contributed by atoms with Gasteiger partial charge in [-0.25, -0.2) is 0 Å². The molecule has 0 atom stereocenters. The molecule has 1 aliphatic rings. The number of carbonyl (C=O) groups excluding carboxylic acids is 2. The van der Waals surface area contributed by atoms with Crippen molar-refractivity contribution in [2.24, 2.45) is 11.7 Å². The molecule has 0 aliphatic heterocycles. The lowest BCUT2D eigenvalue weighted by Gasteiger charge is -2.27. The Balaban J connectivity index is 2.38. The van der Waals surface area contributed by atoms with Crippen LogP contribution >= 0.6 is 11.3 Å². The Hall–Kier alpha value is -1.56. The number of ketones is 1. The maximum absolute atomic E-state index is 12.1. The average Bonchev–Trinajstić information content (AvgIpc) is 2.59. The van der Waals surface area contributed by atoms with E-state index < -0.39 is 5.91 Å². The fourth-order valence-corrected chi connectivity index (χ4v) is 3.26. The Labute approximate surface area is 116 Å². The van der Waals surface area contributed by atoms with Crippen molar-refractivity contribution in [1.29, 1.82) is 0 Å². The van der Waals surface area contributed by atoms with Crippen LogP contribution in [0.5, 0.6) is 0 Å².